The van der Waals surface area contributed by atoms with Crippen molar-refractivity contribution in [3.63, 3.8) is 0 Å². The van der Waals surface area contributed by atoms with Crippen molar-refractivity contribution in [1.29, 1.82) is 0 Å². The number of β-amino-alcohol motifs (C(OH)–C–C–N with tert-alkyl or cyclic N) is 1. The maximum absolute atomic E-state index is 11.8. The number of hydrogen-bond donors (Lipinski definition) is 1. The van der Waals surface area contributed by atoms with Gasteiger partial charge in [-0.3, -0.25) is 0 Å². The van der Waals surface area contributed by atoms with Crippen LogP contribution < -0.4 is 0 Å². The van der Waals surface area contributed by atoms with E-state index in [1.54, 1.807) is 11.8 Å². The van der Waals surface area contributed by atoms with E-state index >= 15 is 0 Å². The summed E-state index contributed by atoms with van der Waals surface area (Å²) in [5.74, 6) is 0.0711. The third kappa shape index (κ3) is 2.82. The van der Waals surface area contributed by atoms with Gasteiger partial charge in [0.15, 0.2) is 0 Å². The van der Waals surface area contributed by atoms with Gasteiger partial charge in [-0.25, -0.2) is 4.79 Å². The van der Waals surface area contributed by atoms with Gasteiger partial charge in [-0.05, 0) is 12.5 Å². The smallest absolute Gasteiger partial charge is 0.410 e. The Kier molecular flexibility index (Phi) is 3.57. The molecule has 0 spiro atoms. The number of nitrogens with zero attached hydrogens (tertiary/aromatic N) is 1. The number of amides is 1. The zero-order valence-electron chi connectivity index (χ0n) is 10.8. The minimum absolute atomic E-state index is 0.0711. The highest BCUT2D eigenvalue weighted by Gasteiger charge is 2.41. The average molecular weight is 249 g/mol. The normalized spacial score (nSPS) is 27.3. The van der Waals surface area contributed by atoms with Crippen LogP contribution in [0, 0.1) is 5.92 Å². The van der Waals surface area contributed by atoms with Crippen LogP contribution in [0.2, 0.25) is 0 Å². The fraction of sp³-hybridized carbons (Fsp3) is 0.500. The summed E-state index contributed by atoms with van der Waals surface area (Å²) in [6, 6.07) is 9.56. The fourth-order valence-corrected chi connectivity index (χ4v) is 2.08. The van der Waals surface area contributed by atoms with E-state index in [9.17, 15) is 9.90 Å². The SMILES string of the molecule is C[C@H]1CN(C(=O)OCc2ccccc2)C[C@@]1(C)O. The van der Waals surface area contributed by atoms with Crippen LogP contribution in [0.5, 0.6) is 0 Å². The first kappa shape index (κ1) is 12.9. The topological polar surface area (TPSA) is 49.8 Å². The van der Waals surface area contributed by atoms with Crippen molar-refractivity contribution in [3.05, 3.63) is 35.9 Å². The summed E-state index contributed by atoms with van der Waals surface area (Å²) in [5, 5.41) is 10.0. The van der Waals surface area contributed by atoms with E-state index in [2.05, 4.69) is 0 Å². The molecule has 0 aromatic heterocycles. The van der Waals surface area contributed by atoms with Gasteiger partial charge in [0.2, 0.25) is 0 Å². The molecule has 4 heteroatoms. The lowest BCUT2D eigenvalue weighted by Gasteiger charge is -2.20. The first-order chi connectivity index (χ1) is 8.49. The minimum atomic E-state index is -0.814. The lowest BCUT2D eigenvalue weighted by molar-refractivity contribution is 0.0343. The van der Waals surface area contributed by atoms with Crippen LogP contribution in [0.25, 0.3) is 0 Å². The van der Waals surface area contributed by atoms with Gasteiger partial charge in [-0.15, -0.1) is 0 Å². The third-order valence-electron chi connectivity index (χ3n) is 3.53. The molecule has 2 rings (SSSR count). The van der Waals surface area contributed by atoms with E-state index in [-0.39, 0.29) is 18.6 Å². The zero-order valence-corrected chi connectivity index (χ0v) is 10.8. The Labute approximate surface area is 107 Å². The zero-order chi connectivity index (χ0) is 13.2. The van der Waals surface area contributed by atoms with Gasteiger partial charge < -0.3 is 14.7 Å². The lowest BCUT2D eigenvalue weighted by Crippen LogP contribution is -2.35. The van der Waals surface area contributed by atoms with Crippen LogP contribution >= 0.6 is 0 Å². The molecule has 1 heterocycles. The number of benzene rings is 1. The summed E-state index contributed by atoms with van der Waals surface area (Å²) >= 11 is 0. The molecule has 0 aliphatic carbocycles. The van der Waals surface area contributed by atoms with E-state index < -0.39 is 5.60 Å². The molecule has 0 radical (unpaired) electrons. The largest absolute Gasteiger partial charge is 0.445 e. The Morgan fingerprint density at radius 1 is 1.50 bits per heavy atom. The molecule has 1 saturated heterocycles. The summed E-state index contributed by atoms with van der Waals surface area (Å²) in [5.41, 5.74) is 0.149. The van der Waals surface area contributed by atoms with Crippen LogP contribution in [0.1, 0.15) is 19.4 Å². The van der Waals surface area contributed by atoms with Crippen molar-refractivity contribution in [3.8, 4) is 0 Å². The number of likely N-dealkylation sites (tertiary alicyclic amines) is 1. The van der Waals surface area contributed by atoms with Crippen LogP contribution in [-0.4, -0.2) is 34.8 Å². The molecule has 1 aliphatic heterocycles. The second-order valence-electron chi connectivity index (χ2n) is 5.18. The predicted molar refractivity (Wildman–Crippen MR) is 68.0 cm³/mol. The Balaban J connectivity index is 1.87. The molecular weight excluding hydrogens is 230 g/mol. The molecule has 1 aromatic rings. The molecule has 2 atom stereocenters. The van der Waals surface area contributed by atoms with E-state index in [4.69, 9.17) is 4.74 Å². The quantitative estimate of drug-likeness (QED) is 0.872. The lowest BCUT2D eigenvalue weighted by atomic mass is 9.95. The molecule has 18 heavy (non-hydrogen) atoms. The summed E-state index contributed by atoms with van der Waals surface area (Å²) < 4.78 is 5.23. The third-order valence-corrected chi connectivity index (χ3v) is 3.53. The maximum atomic E-state index is 11.8. The van der Waals surface area contributed by atoms with Crippen molar-refractivity contribution in [2.45, 2.75) is 26.1 Å². The number of rotatable bonds is 2. The van der Waals surface area contributed by atoms with Crippen LogP contribution in [0.3, 0.4) is 0 Å². The van der Waals surface area contributed by atoms with E-state index in [0.29, 0.717) is 13.1 Å². The Morgan fingerprint density at radius 2 is 2.17 bits per heavy atom. The van der Waals surface area contributed by atoms with E-state index in [1.807, 2.05) is 37.3 Å². The summed E-state index contributed by atoms with van der Waals surface area (Å²) in [7, 11) is 0. The van der Waals surface area contributed by atoms with Crippen molar-refractivity contribution in [1.82, 2.24) is 4.90 Å². The first-order valence-electron chi connectivity index (χ1n) is 6.17. The molecule has 0 bridgehead atoms. The number of aliphatic hydroxyl groups is 1. The van der Waals surface area contributed by atoms with Gasteiger partial charge in [-0.1, -0.05) is 37.3 Å². The second kappa shape index (κ2) is 4.98. The fourth-order valence-electron chi connectivity index (χ4n) is 2.08. The average Bonchev–Trinajstić information content (AvgIpc) is 2.62. The highest BCUT2D eigenvalue weighted by molar-refractivity contribution is 5.68. The molecule has 1 amide bonds. The summed E-state index contributed by atoms with van der Waals surface area (Å²) in [6.07, 6.45) is -0.358. The molecule has 1 aromatic carbocycles. The van der Waals surface area contributed by atoms with Crippen LogP contribution in [0.4, 0.5) is 4.79 Å². The number of hydrogen-bond acceptors (Lipinski definition) is 3. The summed E-state index contributed by atoms with van der Waals surface area (Å²) in [6.45, 7) is 4.84. The van der Waals surface area contributed by atoms with E-state index in [0.717, 1.165) is 5.56 Å². The number of ether oxygens (including phenoxy) is 1. The van der Waals surface area contributed by atoms with Crippen LogP contribution in [0.15, 0.2) is 30.3 Å². The predicted octanol–water partition coefficient (Wildman–Crippen LogP) is 2.03. The second-order valence-corrected chi connectivity index (χ2v) is 5.18. The van der Waals surface area contributed by atoms with Crippen molar-refractivity contribution < 1.29 is 14.6 Å². The molecular formula is C14H19NO3. The van der Waals surface area contributed by atoms with Gasteiger partial charge in [0.1, 0.15) is 6.61 Å². The summed E-state index contributed by atoms with van der Waals surface area (Å²) in [4.78, 5) is 13.4. The molecule has 98 valence electrons. The highest BCUT2D eigenvalue weighted by Crippen LogP contribution is 2.27. The van der Waals surface area contributed by atoms with Gasteiger partial charge >= 0.3 is 6.09 Å². The van der Waals surface area contributed by atoms with Gasteiger partial charge in [0.05, 0.1) is 12.1 Å². The number of carbonyl (C=O) groups is 1. The Bertz CT molecular complexity index is 416. The van der Waals surface area contributed by atoms with Gasteiger partial charge in [0, 0.05) is 12.5 Å². The molecule has 0 saturated carbocycles. The first-order valence-corrected chi connectivity index (χ1v) is 6.17. The standard InChI is InChI=1S/C14H19NO3/c1-11-8-15(10-14(11,2)17)13(16)18-9-12-6-4-3-5-7-12/h3-7,11,17H,8-10H2,1-2H3/t11-,14+/m0/s1. The monoisotopic (exact) mass is 249 g/mol. The molecule has 1 fully saturated rings. The van der Waals surface area contributed by atoms with Crippen molar-refractivity contribution >= 4 is 6.09 Å². The number of carbonyl (C=O) groups excluding carboxylic acids is 1. The van der Waals surface area contributed by atoms with Crippen molar-refractivity contribution in [2.24, 2.45) is 5.92 Å². The van der Waals surface area contributed by atoms with Gasteiger partial charge in [-0.2, -0.15) is 0 Å². The highest BCUT2D eigenvalue weighted by atomic mass is 16.6. The van der Waals surface area contributed by atoms with Crippen molar-refractivity contribution in [2.75, 3.05) is 13.1 Å². The molecule has 1 aliphatic rings. The van der Waals surface area contributed by atoms with Gasteiger partial charge in [0.25, 0.3) is 0 Å². The molecule has 4 nitrogen and oxygen atoms in total. The van der Waals surface area contributed by atoms with Crippen LogP contribution in [-0.2, 0) is 11.3 Å². The Morgan fingerprint density at radius 3 is 2.72 bits per heavy atom. The minimum Gasteiger partial charge on any atom is -0.445 e. The Hall–Kier alpha value is -1.55. The van der Waals surface area contributed by atoms with E-state index in [1.165, 1.54) is 0 Å². The maximum Gasteiger partial charge on any atom is 0.410 e. The molecule has 0 unspecified atom stereocenters. The molecule has 1 N–H and O–H groups in total.